The smallest absolute Gasteiger partial charge is 0.137 e. The minimum atomic E-state index is 0.148. The van der Waals surface area contributed by atoms with Crippen molar-refractivity contribution in [2.24, 2.45) is 5.92 Å². The van der Waals surface area contributed by atoms with Gasteiger partial charge in [-0.25, -0.2) is 0 Å². The van der Waals surface area contributed by atoms with Crippen molar-refractivity contribution in [3.05, 3.63) is 17.8 Å². The number of nitriles is 1. The van der Waals surface area contributed by atoms with Gasteiger partial charge in [0.1, 0.15) is 11.1 Å². The maximum Gasteiger partial charge on any atom is 0.137 e. The lowest BCUT2D eigenvalue weighted by Crippen LogP contribution is -2.04. The SMILES string of the molecule is CC(CO)CSc1nnccc1C#N. The fraction of sp³-hybridized carbons (Fsp3) is 0.444. The summed E-state index contributed by atoms with van der Waals surface area (Å²) < 4.78 is 0. The van der Waals surface area contributed by atoms with Crippen LogP contribution in [0.25, 0.3) is 0 Å². The van der Waals surface area contributed by atoms with E-state index in [0.29, 0.717) is 10.6 Å². The van der Waals surface area contributed by atoms with Crippen LogP contribution in [0.3, 0.4) is 0 Å². The first-order valence-electron chi connectivity index (χ1n) is 4.23. The molecule has 1 heterocycles. The molecule has 14 heavy (non-hydrogen) atoms. The van der Waals surface area contributed by atoms with Gasteiger partial charge in [-0.3, -0.25) is 0 Å². The fourth-order valence-corrected chi connectivity index (χ4v) is 1.71. The van der Waals surface area contributed by atoms with E-state index in [-0.39, 0.29) is 12.5 Å². The minimum Gasteiger partial charge on any atom is -0.396 e. The molecule has 1 aromatic rings. The molecule has 0 aliphatic rings. The van der Waals surface area contributed by atoms with Crippen molar-refractivity contribution in [2.45, 2.75) is 11.9 Å². The molecule has 0 spiro atoms. The van der Waals surface area contributed by atoms with Gasteiger partial charge in [0.05, 0.1) is 11.8 Å². The van der Waals surface area contributed by atoms with E-state index in [1.807, 2.05) is 6.92 Å². The van der Waals surface area contributed by atoms with Crippen LogP contribution in [-0.2, 0) is 0 Å². The molecule has 0 saturated carbocycles. The summed E-state index contributed by atoms with van der Waals surface area (Å²) in [7, 11) is 0. The molecule has 5 heteroatoms. The van der Waals surface area contributed by atoms with Crippen LogP contribution in [-0.4, -0.2) is 27.7 Å². The lowest BCUT2D eigenvalue weighted by Gasteiger charge is -2.06. The van der Waals surface area contributed by atoms with Crippen molar-refractivity contribution in [1.29, 1.82) is 5.26 Å². The van der Waals surface area contributed by atoms with E-state index < -0.39 is 0 Å². The summed E-state index contributed by atoms with van der Waals surface area (Å²) in [6.07, 6.45) is 1.50. The highest BCUT2D eigenvalue weighted by Crippen LogP contribution is 2.20. The highest BCUT2D eigenvalue weighted by atomic mass is 32.2. The predicted molar refractivity (Wildman–Crippen MR) is 53.7 cm³/mol. The Labute approximate surface area is 87.0 Å². The molecule has 0 saturated heterocycles. The van der Waals surface area contributed by atoms with Crippen molar-refractivity contribution in [3.8, 4) is 6.07 Å². The summed E-state index contributed by atoms with van der Waals surface area (Å²) >= 11 is 1.45. The molecule has 1 N–H and O–H groups in total. The Morgan fingerprint density at radius 1 is 1.71 bits per heavy atom. The Hall–Kier alpha value is -1.12. The third-order valence-electron chi connectivity index (χ3n) is 1.62. The van der Waals surface area contributed by atoms with Crippen LogP contribution < -0.4 is 0 Å². The Bertz CT molecular complexity index is 337. The van der Waals surface area contributed by atoms with Crippen LogP contribution in [0.15, 0.2) is 17.3 Å². The second-order valence-electron chi connectivity index (χ2n) is 2.96. The molecule has 0 amide bonds. The lowest BCUT2D eigenvalue weighted by atomic mass is 10.2. The van der Waals surface area contributed by atoms with Crippen LogP contribution >= 0.6 is 11.8 Å². The fourth-order valence-electron chi connectivity index (χ4n) is 0.784. The lowest BCUT2D eigenvalue weighted by molar-refractivity contribution is 0.250. The van der Waals surface area contributed by atoms with Crippen LogP contribution in [0.4, 0.5) is 0 Å². The monoisotopic (exact) mass is 209 g/mol. The molecule has 0 fully saturated rings. The van der Waals surface area contributed by atoms with Crippen molar-refractivity contribution in [3.63, 3.8) is 0 Å². The number of aliphatic hydroxyl groups is 1. The number of aliphatic hydroxyl groups excluding tert-OH is 1. The number of nitrogens with zero attached hydrogens (tertiary/aromatic N) is 3. The number of rotatable bonds is 4. The zero-order valence-electron chi connectivity index (χ0n) is 7.84. The summed E-state index contributed by atoms with van der Waals surface area (Å²) in [6, 6.07) is 3.69. The van der Waals surface area contributed by atoms with E-state index in [1.54, 1.807) is 6.07 Å². The van der Waals surface area contributed by atoms with Gasteiger partial charge in [0.15, 0.2) is 0 Å². The molecule has 0 aromatic carbocycles. The van der Waals surface area contributed by atoms with Gasteiger partial charge in [0.25, 0.3) is 0 Å². The van der Waals surface area contributed by atoms with Gasteiger partial charge < -0.3 is 5.11 Å². The first-order chi connectivity index (χ1) is 6.77. The Balaban J connectivity index is 2.63. The molecule has 1 rings (SSSR count). The molecule has 74 valence electrons. The van der Waals surface area contributed by atoms with Crippen molar-refractivity contribution in [1.82, 2.24) is 10.2 Å². The van der Waals surface area contributed by atoms with Crippen LogP contribution in [0.2, 0.25) is 0 Å². The second-order valence-corrected chi connectivity index (χ2v) is 3.97. The number of aromatic nitrogens is 2. The maximum atomic E-state index is 8.82. The minimum absolute atomic E-state index is 0.148. The van der Waals surface area contributed by atoms with Gasteiger partial charge in [0, 0.05) is 12.4 Å². The molecule has 1 unspecified atom stereocenters. The molecular weight excluding hydrogens is 198 g/mol. The van der Waals surface area contributed by atoms with Gasteiger partial charge >= 0.3 is 0 Å². The van der Waals surface area contributed by atoms with Crippen LogP contribution in [0, 0.1) is 17.2 Å². The van der Waals surface area contributed by atoms with Crippen LogP contribution in [0.1, 0.15) is 12.5 Å². The van der Waals surface area contributed by atoms with E-state index in [0.717, 1.165) is 5.75 Å². The third kappa shape index (κ3) is 2.98. The zero-order valence-corrected chi connectivity index (χ0v) is 8.66. The Morgan fingerprint density at radius 2 is 2.50 bits per heavy atom. The van der Waals surface area contributed by atoms with Gasteiger partial charge in [0.2, 0.25) is 0 Å². The normalized spacial score (nSPS) is 12.1. The van der Waals surface area contributed by atoms with E-state index in [2.05, 4.69) is 16.3 Å². The summed E-state index contributed by atoms with van der Waals surface area (Å²) in [6.45, 7) is 2.09. The molecule has 1 atom stereocenters. The number of thioether (sulfide) groups is 1. The quantitative estimate of drug-likeness (QED) is 0.751. The summed E-state index contributed by atoms with van der Waals surface area (Å²) in [5.41, 5.74) is 0.537. The second kappa shape index (κ2) is 5.58. The molecule has 0 aliphatic heterocycles. The first kappa shape index (κ1) is 11.0. The topological polar surface area (TPSA) is 69.8 Å². The Kier molecular flexibility index (Phi) is 4.36. The average Bonchev–Trinajstić information content (AvgIpc) is 2.26. The van der Waals surface area contributed by atoms with Crippen molar-refractivity contribution >= 4 is 11.8 Å². The molecule has 1 aromatic heterocycles. The number of hydrogen-bond acceptors (Lipinski definition) is 5. The standard InChI is InChI=1S/C9H11N3OS/c1-7(5-13)6-14-9-8(4-10)2-3-11-12-9/h2-3,7,13H,5-6H2,1H3. The van der Waals surface area contributed by atoms with Crippen molar-refractivity contribution in [2.75, 3.05) is 12.4 Å². The molecule has 0 bridgehead atoms. The summed E-state index contributed by atoms with van der Waals surface area (Å²) in [5, 5.41) is 25.8. The average molecular weight is 209 g/mol. The Morgan fingerprint density at radius 3 is 3.14 bits per heavy atom. The summed E-state index contributed by atoms with van der Waals surface area (Å²) in [5.74, 6) is 0.942. The summed E-state index contributed by atoms with van der Waals surface area (Å²) in [4.78, 5) is 0. The van der Waals surface area contributed by atoms with Crippen molar-refractivity contribution < 1.29 is 5.11 Å². The highest BCUT2D eigenvalue weighted by molar-refractivity contribution is 7.99. The van der Waals surface area contributed by atoms with Gasteiger partial charge in [-0.05, 0) is 12.0 Å². The van der Waals surface area contributed by atoms with E-state index in [1.165, 1.54) is 18.0 Å². The van der Waals surface area contributed by atoms with E-state index in [9.17, 15) is 0 Å². The third-order valence-corrected chi connectivity index (χ3v) is 2.93. The zero-order chi connectivity index (χ0) is 10.4. The van der Waals surface area contributed by atoms with Gasteiger partial charge in [-0.2, -0.15) is 10.4 Å². The van der Waals surface area contributed by atoms with E-state index in [4.69, 9.17) is 10.4 Å². The molecule has 0 radical (unpaired) electrons. The van der Waals surface area contributed by atoms with Crippen LogP contribution in [0.5, 0.6) is 0 Å². The van der Waals surface area contributed by atoms with Gasteiger partial charge in [-0.1, -0.05) is 6.92 Å². The molecule has 0 aliphatic carbocycles. The first-order valence-corrected chi connectivity index (χ1v) is 5.22. The highest BCUT2D eigenvalue weighted by Gasteiger charge is 2.06. The van der Waals surface area contributed by atoms with Gasteiger partial charge in [-0.15, -0.1) is 16.9 Å². The molecule has 4 nitrogen and oxygen atoms in total. The largest absolute Gasteiger partial charge is 0.396 e. The molecular formula is C9H11N3OS. The predicted octanol–water partition coefficient (Wildman–Crippen LogP) is 1.07. The maximum absolute atomic E-state index is 8.82. The number of hydrogen-bond donors (Lipinski definition) is 1. The van der Waals surface area contributed by atoms with E-state index >= 15 is 0 Å².